The van der Waals surface area contributed by atoms with Crippen molar-refractivity contribution in [2.75, 3.05) is 13.2 Å². The third-order valence-corrected chi connectivity index (χ3v) is 5.69. The summed E-state index contributed by atoms with van der Waals surface area (Å²) in [5.41, 5.74) is 2.91. The summed E-state index contributed by atoms with van der Waals surface area (Å²) in [6.45, 7) is 4.62. The minimum atomic E-state index is -0.682. The van der Waals surface area contributed by atoms with Crippen LogP contribution in [0.3, 0.4) is 0 Å². The van der Waals surface area contributed by atoms with Crippen LogP contribution in [0.1, 0.15) is 30.0 Å². The maximum atomic E-state index is 13.5. The average Bonchev–Trinajstić information content (AvgIpc) is 2.85. The lowest BCUT2D eigenvalue weighted by molar-refractivity contribution is -0.142. The minimum absolute atomic E-state index is 0.163. The van der Waals surface area contributed by atoms with Crippen molar-refractivity contribution in [1.82, 2.24) is 10.2 Å². The van der Waals surface area contributed by atoms with Crippen molar-refractivity contribution in [3.05, 3.63) is 101 Å². The zero-order chi connectivity index (χ0) is 24.3. The molecule has 178 valence electrons. The van der Waals surface area contributed by atoms with Crippen molar-refractivity contribution in [2.45, 2.75) is 39.3 Å². The molecule has 0 saturated carbocycles. The molecule has 3 aromatic carbocycles. The number of nitrogens with one attached hydrogen (secondary N) is 1. The van der Waals surface area contributed by atoms with Crippen LogP contribution >= 0.6 is 11.6 Å². The first kappa shape index (κ1) is 25.3. The van der Waals surface area contributed by atoms with E-state index in [9.17, 15) is 9.59 Å². The number of hydrogen-bond acceptors (Lipinski definition) is 3. The molecule has 5 nitrogen and oxygen atoms in total. The van der Waals surface area contributed by atoms with Crippen molar-refractivity contribution in [2.24, 2.45) is 0 Å². The van der Waals surface area contributed by atoms with Crippen LogP contribution in [0.2, 0.25) is 5.02 Å². The van der Waals surface area contributed by atoms with Gasteiger partial charge in [0.15, 0.2) is 6.61 Å². The zero-order valence-electron chi connectivity index (χ0n) is 19.7. The van der Waals surface area contributed by atoms with Gasteiger partial charge < -0.3 is 15.0 Å². The Hall–Kier alpha value is -3.31. The molecule has 0 heterocycles. The van der Waals surface area contributed by atoms with Gasteiger partial charge in [-0.05, 0) is 54.3 Å². The molecule has 1 atom stereocenters. The topological polar surface area (TPSA) is 58.6 Å². The molecule has 3 rings (SSSR count). The van der Waals surface area contributed by atoms with E-state index in [1.807, 2.05) is 80.6 Å². The summed E-state index contributed by atoms with van der Waals surface area (Å²) in [5.74, 6) is 0.183. The molecule has 2 amide bonds. The molecule has 0 saturated heterocycles. The van der Waals surface area contributed by atoms with Crippen LogP contribution < -0.4 is 10.1 Å². The lowest BCUT2D eigenvalue weighted by atomic mass is 10.0. The second-order valence-electron chi connectivity index (χ2n) is 8.25. The highest BCUT2D eigenvalue weighted by atomic mass is 35.5. The number of amides is 2. The summed E-state index contributed by atoms with van der Waals surface area (Å²) in [5, 5.41) is 3.59. The quantitative estimate of drug-likeness (QED) is 0.412. The fourth-order valence-electron chi connectivity index (χ4n) is 3.64. The molecule has 34 heavy (non-hydrogen) atoms. The minimum Gasteiger partial charge on any atom is -0.484 e. The van der Waals surface area contributed by atoms with E-state index in [0.717, 1.165) is 23.1 Å². The molecule has 0 aliphatic rings. The van der Waals surface area contributed by atoms with Gasteiger partial charge in [0.25, 0.3) is 5.91 Å². The van der Waals surface area contributed by atoms with Gasteiger partial charge in [-0.2, -0.15) is 0 Å². The van der Waals surface area contributed by atoms with E-state index in [1.165, 1.54) is 0 Å². The van der Waals surface area contributed by atoms with E-state index in [4.69, 9.17) is 16.3 Å². The molecular formula is C28H31ClN2O3. The van der Waals surface area contributed by atoms with Gasteiger partial charge in [0.1, 0.15) is 11.8 Å². The number of rotatable bonds is 11. The summed E-state index contributed by atoms with van der Waals surface area (Å²) >= 11 is 6.05. The molecule has 0 aliphatic carbocycles. The highest BCUT2D eigenvalue weighted by Crippen LogP contribution is 2.18. The zero-order valence-corrected chi connectivity index (χ0v) is 20.4. The van der Waals surface area contributed by atoms with Crippen LogP contribution in [0.5, 0.6) is 5.75 Å². The summed E-state index contributed by atoms with van der Waals surface area (Å²) in [6.07, 6.45) is 1.21. The Balaban J connectivity index is 1.88. The first-order chi connectivity index (χ1) is 16.5. The lowest BCUT2D eigenvalue weighted by Crippen LogP contribution is -2.51. The number of nitrogens with zero attached hydrogens (tertiary/aromatic N) is 1. The fraction of sp³-hybridized carbons (Fsp3) is 0.286. The normalized spacial score (nSPS) is 11.5. The standard InChI is InChI=1S/C28H31ClN2O3/c1-3-16-30-28(33)26(18-22-9-5-4-6-10-22)31(19-23-12-14-24(29)15-13-23)27(32)20-34-25-11-7-8-21(2)17-25/h4-15,17,26H,3,16,18-20H2,1-2H3,(H,30,33). The second-order valence-corrected chi connectivity index (χ2v) is 8.69. The molecule has 3 aromatic rings. The van der Waals surface area contributed by atoms with Gasteiger partial charge >= 0.3 is 0 Å². The summed E-state index contributed by atoms with van der Waals surface area (Å²) < 4.78 is 5.80. The van der Waals surface area contributed by atoms with Crippen LogP contribution in [0, 0.1) is 6.92 Å². The van der Waals surface area contributed by atoms with Gasteiger partial charge in [-0.3, -0.25) is 9.59 Å². The first-order valence-electron chi connectivity index (χ1n) is 11.5. The Labute approximate surface area is 206 Å². The highest BCUT2D eigenvalue weighted by molar-refractivity contribution is 6.30. The van der Waals surface area contributed by atoms with Crippen LogP contribution in [0.15, 0.2) is 78.9 Å². The van der Waals surface area contributed by atoms with Gasteiger partial charge in [-0.25, -0.2) is 0 Å². The smallest absolute Gasteiger partial charge is 0.261 e. The van der Waals surface area contributed by atoms with Crippen molar-refractivity contribution in [3.63, 3.8) is 0 Å². The van der Waals surface area contributed by atoms with E-state index in [1.54, 1.807) is 17.0 Å². The fourth-order valence-corrected chi connectivity index (χ4v) is 3.77. The summed E-state index contributed by atoms with van der Waals surface area (Å²) in [6, 6.07) is 23.9. The number of halogens is 1. The van der Waals surface area contributed by atoms with Crippen molar-refractivity contribution >= 4 is 23.4 Å². The largest absolute Gasteiger partial charge is 0.484 e. The van der Waals surface area contributed by atoms with Gasteiger partial charge in [-0.1, -0.05) is 73.1 Å². The molecule has 0 aromatic heterocycles. The van der Waals surface area contributed by atoms with E-state index < -0.39 is 6.04 Å². The molecule has 0 spiro atoms. The van der Waals surface area contributed by atoms with E-state index >= 15 is 0 Å². The van der Waals surface area contributed by atoms with Crippen molar-refractivity contribution in [3.8, 4) is 5.75 Å². The average molecular weight is 479 g/mol. The van der Waals surface area contributed by atoms with Gasteiger partial charge in [0, 0.05) is 24.5 Å². The molecule has 1 unspecified atom stereocenters. The predicted octanol–water partition coefficient (Wildman–Crippen LogP) is 5.19. The predicted molar refractivity (Wildman–Crippen MR) is 136 cm³/mol. The van der Waals surface area contributed by atoms with Crippen LogP contribution in [-0.4, -0.2) is 35.9 Å². The summed E-state index contributed by atoms with van der Waals surface area (Å²) in [7, 11) is 0. The monoisotopic (exact) mass is 478 g/mol. The maximum Gasteiger partial charge on any atom is 0.261 e. The van der Waals surface area contributed by atoms with Gasteiger partial charge in [0.2, 0.25) is 5.91 Å². The van der Waals surface area contributed by atoms with Gasteiger partial charge in [0.05, 0.1) is 0 Å². The second kappa shape index (κ2) is 12.8. The number of aryl methyl sites for hydroxylation is 1. The molecule has 6 heteroatoms. The number of ether oxygens (including phenoxy) is 1. The van der Waals surface area contributed by atoms with Gasteiger partial charge in [-0.15, -0.1) is 0 Å². The van der Waals surface area contributed by atoms with E-state index in [0.29, 0.717) is 23.7 Å². The summed E-state index contributed by atoms with van der Waals surface area (Å²) in [4.78, 5) is 28.3. The Kier molecular flexibility index (Phi) is 9.53. The first-order valence-corrected chi connectivity index (χ1v) is 11.9. The third-order valence-electron chi connectivity index (χ3n) is 5.44. The molecule has 0 aliphatic heterocycles. The number of benzene rings is 3. The van der Waals surface area contributed by atoms with Crippen LogP contribution in [0.25, 0.3) is 0 Å². The highest BCUT2D eigenvalue weighted by Gasteiger charge is 2.30. The molecular weight excluding hydrogens is 448 g/mol. The third kappa shape index (κ3) is 7.63. The molecule has 0 bridgehead atoms. The SMILES string of the molecule is CCCNC(=O)C(Cc1ccccc1)N(Cc1ccc(Cl)cc1)C(=O)COc1cccc(C)c1. The van der Waals surface area contributed by atoms with E-state index in [2.05, 4.69) is 5.32 Å². The number of carbonyl (C=O) groups excluding carboxylic acids is 2. The maximum absolute atomic E-state index is 13.5. The number of hydrogen-bond donors (Lipinski definition) is 1. The molecule has 0 radical (unpaired) electrons. The Morgan fingerprint density at radius 2 is 1.71 bits per heavy atom. The van der Waals surface area contributed by atoms with E-state index in [-0.39, 0.29) is 25.0 Å². The Morgan fingerprint density at radius 1 is 0.971 bits per heavy atom. The van der Waals surface area contributed by atoms with Crippen LogP contribution in [-0.2, 0) is 22.6 Å². The van der Waals surface area contributed by atoms with Crippen LogP contribution in [0.4, 0.5) is 0 Å². The van der Waals surface area contributed by atoms with Crippen molar-refractivity contribution in [1.29, 1.82) is 0 Å². The molecule has 0 fully saturated rings. The number of carbonyl (C=O) groups is 2. The lowest BCUT2D eigenvalue weighted by Gasteiger charge is -2.31. The Morgan fingerprint density at radius 3 is 2.38 bits per heavy atom. The Bertz CT molecular complexity index is 1070. The molecule has 1 N–H and O–H groups in total. The van der Waals surface area contributed by atoms with Crippen molar-refractivity contribution < 1.29 is 14.3 Å².